The summed E-state index contributed by atoms with van der Waals surface area (Å²) >= 11 is 0. The molecule has 0 fully saturated rings. The van der Waals surface area contributed by atoms with Crippen molar-refractivity contribution in [3.8, 4) is 0 Å². The van der Waals surface area contributed by atoms with Crippen LogP contribution in [0.4, 0.5) is 11.4 Å². The summed E-state index contributed by atoms with van der Waals surface area (Å²) in [6.45, 7) is 0.822. The average Bonchev–Trinajstić information content (AvgIpc) is 2.54. The summed E-state index contributed by atoms with van der Waals surface area (Å²) in [6.07, 6.45) is 1.13. The molecule has 1 heterocycles. The monoisotopic (exact) mass is 323 g/mol. The molecule has 5 nitrogen and oxygen atoms in total. The van der Waals surface area contributed by atoms with Gasteiger partial charge in [-0.2, -0.15) is 0 Å². The lowest BCUT2D eigenvalue weighted by Crippen LogP contribution is -2.20. The number of hydrogen-bond acceptors (Lipinski definition) is 3. The molecule has 1 aliphatic heterocycles. The maximum atomic E-state index is 12.5. The van der Waals surface area contributed by atoms with Crippen LogP contribution in [0.1, 0.15) is 27.9 Å². The van der Waals surface area contributed by atoms with Crippen molar-refractivity contribution in [2.75, 3.05) is 24.7 Å². The predicted octanol–water partition coefficient (Wildman–Crippen LogP) is 2.89. The lowest BCUT2D eigenvalue weighted by atomic mass is 10.00. The first-order valence-electron chi connectivity index (χ1n) is 7.99. The number of carbonyl (C=O) groups is 2. The number of rotatable bonds is 4. The Morgan fingerprint density at radius 3 is 2.79 bits per heavy atom. The number of fused-ring (bicyclic) bond motifs is 1. The molecule has 0 spiro atoms. The van der Waals surface area contributed by atoms with E-state index < -0.39 is 0 Å². The molecule has 24 heavy (non-hydrogen) atoms. The largest absolute Gasteiger partial charge is 0.326 e. The van der Waals surface area contributed by atoms with E-state index in [0.29, 0.717) is 18.4 Å². The van der Waals surface area contributed by atoms with Crippen molar-refractivity contribution in [3.05, 3.63) is 59.2 Å². The summed E-state index contributed by atoms with van der Waals surface area (Å²) in [6, 6.07) is 13.2. The fourth-order valence-corrected chi connectivity index (χ4v) is 2.84. The van der Waals surface area contributed by atoms with E-state index in [4.69, 9.17) is 0 Å². The Bertz CT molecular complexity index is 784. The van der Waals surface area contributed by atoms with E-state index in [-0.39, 0.29) is 11.8 Å². The lowest BCUT2D eigenvalue weighted by Gasteiger charge is -2.17. The van der Waals surface area contributed by atoms with Crippen molar-refractivity contribution in [3.63, 3.8) is 0 Å². The molecule has 2 amide bonds. The van der Waals surface area contributed by atoms with Crippen LogP contribution in [-0.4, -0.2) is 30.8 Å². The molecule has 0 bridgehead atoms. The fourth-order valence-electron chi connectivity index (χ4n) is 2.84. The van der Waals surface area contributed by atoms with E-state index in [0.717, 1.165) is 29.0 Å². The Morgan fingerprint density at radius 1 is 1.17 bits per heavy atom. The first kappa shape index (κ1) is 16.2. The summed E-state index contributed by atoms with van der Waals surface area (Å²) in [4.78, 5) is 26.0. The average molecular weight is 323 g/mol. The molecule has 1 aliphatic rings. The van der Waals surface area contributed by atoms with E-state index in [1.807, 2.05) is 44.4 Å². The Morgan fingerprint density at radius 2 is 2.00 bits per heavy atom. The van der Waals surface area contributed by atoms with Crippen LogP contribution < -0.4 is 10.6 Å². The van der Waals surface area contributed by atoms with Gasteiger partial charge in [0.2, 0.25) is 5.91 Å². The first-order valence-corrected chi connectivity index (χ1v) is 7.99. The molecular formula is C19H21N3O2. The number of nitrogens with zero attached hydrogens (tertiary/aromatic N) is 1. The third-order valence-corrected chi connectivity index (χ3v) is 3.95. The van der Waals surface area contributed by atoms with Gasteiger partial charge in [0.15, 0.2) is 0 Å². The van der Waals surface area contributed by atoms with Gasteiger partial charge in [0.05, 0.1) is 0 Å². The summed E-state index contributed by atoms with van der Waals surface area (Å²) in [5.74, 6) is -0.117. The van der Waals surface area contributed by atoms with E-state index in [1.54, 1.807) is 12.1 Å². The molecular weight excluding hydrogens is 302 g/mol. The van der Waals surface area contributed by atoms with Gasteiger partial charge in [-0.05, 0) is 62.0 Å². The number of carbonyl (C=O) groups excluding carboxylic acids is 2. The van der Waals surface area contributed by atoms with Gasteiger partial charge in [0.25, 0.3) is 5.91 Å². The fraction of sp³-hybridized carbons (Fsp3) is 0.263. The Hall–Kier alpha value is -2.66. The van der Waals surface area contributed by atoms with E-state index in [1.165, 1.54) is 0 Å². The molecule has 2 aromatic rings. The molecule has 5 heteroatoms. The molecule has 0 atom stereocenters. The van der Waals surface area contributed by atoms with E-state index in [9.17, 15) is 9.59 Å². The highest BCUT2D eigenvalue weighted by Crippen LogP contribution is 2.24. The molecule has 124 valence electrons. The quantitative estimate of drug-likeness (QED) is 0.909. The Labute approximate surface area is 141 Å². The van der Waals surface area contributed by atoms with Crippen molar-refractivity contribution in [2.24, 2.45) is 0 Å². The van der Waals surface area contributed by atoms with Gasteiger partial charge in [-0.3, -0.25) is 9.59 Å². The molecule has 3 rings (SSSR count). The number of aryl methyl sites for hydroxylation is 1. The standard InChI is InChI=1S/C19H21N3O2/c1-22(2)12-13-4-3-5-16(10-13)20-19(24)15-6-8-17-14(11-15)7-9-18(23)21-17/h3-6,8,10-11H,7,9,12H2,1-2H3,(H,20,24)(H,21,23). The smallest absolute Gasteiger partial charge is 0.255 e. The van der Waals surface area contributed by atoms with Crippen molar-refractivity contribution in [1.82, 2.24) is 4.90 Å². The lowest BCUT2D eigenvalue weighted by molar-refractivity contribution is -0.116. The number of amides is 2. The van der Waals surface area contributed by atoms with Crippen molar-refractivity contribution in [1.29, 1.82) is 0 Å². The highest BCUT2D eigenvalue weighted by atomic mass is 16.2. The Kier molecular flexibility index (Phi) is 4.62. The van der Waals surface area contributed by atoms with Gasteiger partial charge in [0, 0.05) is 29.9 Å². The summed E-state index contributed by atoms with van der Waals surface area (Å²) in [7, 11) is 4.02. The Balaban J connectivity index is 1.74. The molecule has 2 aromatic carbocycles. The highest BCUT2D eigenvalue weighted by Gasteiger charge is 2.16. The van der Waals surface area contributed by atoms with Crippen LogP contribution in [0, 0.1) is 0 Å². The van der Waals surface area contributed by atoms with E-state index in [2.05, 4.69) is 15.5 Å². The number of anilines is 2. The molecule has 0 aliphatic carbocycles. The minimum Gasteiger partial charge on any atom is -0.326 e. The van der Waals surface area contributed by atoms with Crippen molar-refractivity contribution >= 4 is 23.2 Å². The summed E-state index contributed by atoms with van der Waals surface area (Å²) in [5.41, 5.74) is 4.33. The van der Waals surface area contributed by atoms with Crippen LogP contribution in [0.3, 0.4) is 0 Å². The second kappa shape index (κ2) is 6.84. The third kappa shape index (κ3) is 3.81. The molecule has 0 unspecified atom stereocenters. The van der Waals surface area contributed by atoms with Crippen molar-refractivity contribution < 1.29 is 9.59 Å². The SMILES string of the molecule is CN(C)Cc1cccc(NC(=O)c2ccc3c(c2)CCC(=O)N3)c1. The topological polar surface area (TPSA) is 61.4 Å². The normalized spacial score (nSPS) is 13.4. The zero-order valence-corrected chi connectivity index (χ0v) is 13.9. The van der Waals surface area contributed by atoms with Gasteiger partial charge in [-0.25, -0.2) is 0 Å². The van der Waals surface area contributed by atoms with Gasteiger partial charge >= 0.3 is 0 Å². The van der Waals surface area contributed by atoms with Crippen LogP contribution in [-0.2, 0) is 17.8 Å². The second-order valence-corrected chi connectivity index (χ2v) is 6.31. The van der Waals surface area contributed by atoms with Gasteiger partial charge in [-0.1, -0.05) is 12.1 Å². The predicted molar refractivity (Wildman–Crippen MR) is 95.2 cm³/mol. The summed E-state index contributed by atoms with van der Waals surface area (Å²) in [5, 5.41) is 5.77. The maximum Gasteiger partial charge on any atom is 0.255 e. The van der Waals surface area contributed by atoms with Gasteiger partial charge in [0.1, 0.15) is 0 Å². The van der Waals surface area contributed by atoms with Crippen molar-refractivity contribution in [2.45, 2.75) is 19.4 Å². The van der Waals surface area contributed by atoms with Gasteiger partial charge < -0.3 is 15.5 Å². The number of nitrogens with one attached hydrogen (secondary N) is 2. The molecule has 0 aromatic heterocycles. The van der Waals surface area contributed by atoms with Gasteiger partial charge in [-0.15, -0.1) is 0 Å². The zero-order chi connectivity index (χ0) is 17.1. The summed E-state index contributed by atoms with van der Waals surface area (Å²) < 4.78 is 0. The molecule has 2 N–H and O–H groups in total. The van der Waals surface area contributed by atoms with Crippen LogP contribution in [0.5, 0.6) is 0 Å². The van der Waals surface area contributed by atoms with Crippen LogP contribution in [0.15, 0.2) is 42.5 Å². The molecule has 0 saturated carbocycles. The minimum absolute atomic E-state index is 0.0254. The number of hydrogen-bond donors (Lipinski definition) is 2. The first-order chi connectivity index (χ1) is 11.5. The van der Waals surface area contributed by atoms with Crippen LogP contribution in [0.25, 0.3) is 0 Å². The molecule has 0 saturated heterocycles. The maximum absolute atomic E-state index is 12.5. The number of benzene rings is 2. The van der Waals surface area contributed by atoms with Crippen LogP contribution in [0.2, 0.25) is 0 Å². The minimum atomic E-state index is -0.142. The third-order valence-electron chi connectivity index (χ3n) is 3.95. The highest BCUT2D eigenvalue weighted by molar-refractivity contribution is 6.05. The second-order valence-electron chi connectivity index (χ2n) is 6.31. The van der Waals surface area contributed by atoms with Crippen LogP contribution >= 0.6 is 0 Å². The molecule has 0 radical (unpaired) electrons. The van der Waals surface area contributed by atoms with E-state index >= 15 is 0 Å². The zero-order valence-electron chi connectivity index (χ0n) is 13.9.